The van der Waals surface area contributed by atoms with Crippen LogP contribution in [0.1, 0.15) is 42.4 Å². The summed E-state index contributed by atoms with van der Waals surface area (Å²) in [5, 5.41) is 0. The number of carbonyl (C=O) groups is 1. The molecular formula is C19H21N3O2. The summed E-state index contributed by atoms with van der Waals surface area (Å²) in [6.07, 6.45) is 4.39. The molecular weight excluding hydrogens is 302 g/mol. The van der Waals surface area contributed by atoms with Crippen molar-refractivity contribution in [1.82, 2.24) is 9.97 Å². The molecule has 0 spiro atoms. The van der Waals surface area contributed by atoms with Crippen LogP contribution >= 0.6 is 0 Å². The molecule has 1 aliphatic rings. The molecule has 124 valence electrons. The molecule has 1 aromatic carbocycles. The lowest BCUT2D eigenvalue weighted by Gasteiger charge is -2.08. The molecule has 0 aliphatic carbocycles. The molecule has 0 atom stereocenters. The summed E-state index contributed by atoms with van der Waals surface area (Å²) in [7, 11) is 1.75. The molecule has 0 bridgehead atoms. The topological polar surface area (TPSA) is 66.1 Å². The van der Waals surface area contributed by atoms with E-state index in [1.807, 2.05) is 31.2 Å². The normalized spacial score (nSPS) is 15.2. The fourth-order valence-corrected chi connectivity index (χ4v) is 3.02. The van der Waals surface area contributed by atoms with Crippen molar-refractivity contribution >= 4 is 23.2 Å². The molecule has 2 aromatic rings. The number of para-hydroxylation sites is 1. The maximum atomic E-state index is 12.5. The second kappa shape index (κ2) is 6.43. The minimum atomic E-state index is -0.116. The minimum absolute atomic E-state index is 0.0911. The molecule has 2 heterocycles. The highest BCUT2D eigenvalue weighted by molar-refractivity contribution is 6.35. The molecule has 1 aromatic heterocycles. The molecule has 0 unspecified atom stereocenters. The molecule has 1 amide bonds. The van der Waals surface area contributed by atoms with Crippen molar-refractivity contribution in [2.45, 2.75) is 33.1 Å². The Bertz CT molecular complexity index is 880. The lowest BCUT2D eigenvalue weighted by molar-refractivity contribution is -0.112. The molecule has 3 rings (SSSR count). The Balaban J connectivity index is 2.04. The van der Waals surface area contributed by atoms with E-state index < -0.39 is 0 Å². The van der Waals surface area contributed by atoms with E-state index in [0.717, 1.165) is 41.8 Å². The molecule has 0 fully saturated rings. The Hall–Kier alpha value is -2.69. The predicted octanol–water partition coefficient (Wildman–Crippen LogP) is 2.94. The van der Waals surface area contributed by atoms with Crippen LogP contribution in [0.4, 0.5) is 5.69 Å². The smallest absolute Gasteiger partial charge is 0.258 e. The highest BCUT2D eigenvalue weighted by Gasteiger charge is 2.29. The number of aromatic amines is 1. The van der Waals surface area contributed by atoms with Crippen molar-refractivity contribution in [2.24, 2.45) is 0 Å². The van der Waals surface area contributed by atoms with Crippen LogP contribution in [-0.2, 0) is 11.2 Å². The maximum Gasteiger partial charge on any atom is 0.258 e. The summed E-state index contributed by atoms with van der Waals surface area (Å²) in [4.78, 5) is 33.7. The van der Waals surface area contributed by atoms with E-state index in [0.29, 0.717) is 11.4 Å². The van der Waals surface area contributed by atoms with Gasteiger partial charge in [0.1, 0.15) is 5.82 Å². The van der Waals surface area contributed by atoms with Crippen LogP contribution in [0.15, 0.2) is 29.1 Å². The summed E-state index contributed by atoms with van der Waals surface area (Å²) < 4.78 is 0. The van der Waals surface area contributed by atoms with Gasteiger partial charge in [-0.15, -0.1) is 0 Å². The number of aryl methyl sites for hydroxylation is 1. The number of H-pyrrole nitrogens is 1. The first-order valence-electron chi connectivity index (χ1n) is 8.22. The Morgan fingerprint density at radius 2 is 2.00 bits per heavy atom. The van der Waals surface area contributed by atoms with E-state index in [-0.39, 0.29) is 11.5 Å². The number of unbranched alkanes of at least 4 members (excludes halogenated alkanes) is 1. The number of hydrogen-bond acceptors (Lipinski definition) is 3. The molecule has 0 radical (unpaired) electrons. The Morgan fingerprint density at radius 3 is 2.71 bits per heavy atom. The van der Waals surface area contributed by atoms with Crippen LogP contribution in [0.3, 0.4) is 0 Å². The van der Waals surface area contributed by atoms with Gasteiger partial charge in [-0.05, 0) is 31.9 Å². The first-order chi connectivity index (χ1) is 11.5. The number of nitrogens with one attached hydrogen (secondary N) is 1. The molecule has 1 N–H and O–H groups in total. The van der Waals surface area contributed by atoms with Gasteiger partial charge in [-0.1, -0.05) is 31.5 Å². The van der Waals surface area contributed by atoms with Gasteiger partial charge in [-0.2, -0.15) is 0 Å². The summed E-state index contributed by atoms with van der Waals surface area (Å²) in [5.74, 6) is 0.331. The lowest BCUT2D eigenvalue weighted by atomic mass is 10.1. The van der Waals surface area contributed by atoms with E-state index in [9.17, 15) is 9.59 Å². The number of fused-ring (bicyclic) bond motifs is 1. The van der Waals surface area contributed by atoms with Gasteiger partial charge in [-0.3, -0.25) is 9.59 Å². The maximum absolute atomic E-state index is 12.5. The summed E-state index contributed by atoms with van der Waals surface area (Å²) in [6, 6.07) is 7.61. The first kappa shape index (κ1) is 16.2. The fourth-order valence-electron chi connectivity index (χ4n) is 3.02. The van der Waals surface area contributed by atoms with Crippen LogP contribution in [0.5, 0.6) is 0 Å². The van der Waals surface area contributed by atoms with Crippen molar-refractivity contribution < 1.29 is 4.79 Å². The van der Waals surface area contributed by atoms with Gasteiger partial charge in [-0.25, -0.2) is 4.98 Å². The lowest BCUT2D eigenvalue weighted by Crippen LogP contribution is -2.21. The van der Waals surface area contributed by atoms with Crippen LogP contribution in [0.2, 0.25) is 0 Å². The van der Waals surface area contributed by atoms with Crippen LogP contribution in [0, 0.1) is 6.92 Å². The van der Waals surface area contributed by atoms with Gasteiger partial charge in [0.05, 0.1) is 11.3 Å². The second-order valence-corrected chi connectivity index (χ2v) is 6.06. The van der Waals surface area contributed by atoms with E-state index in [2.05, 4.69) is 16.9 Å². The van der Waals surface area contributed by atoms with Crippen molar-refractivity contribution in [3.63, 3.8) is 0 Å². The zero-order valence-corrected chi connectivity index (χ0v) is 14.2. The average molecular weight is 323 g/mol. The molecule has 0 saturated heterocycles. The first-order valence-corrected chi connectivity index (χ1v) is 8.22. The Labute approximate surface area is 141 Å². The van der Waals surface area contributed by atoms with E-state index in [1.54, 1.807) is 18.0 Å². The highest BCUT2D eigenvalue weighted by atomic mass is 16.2. The predicted molar refractivity (Wildman–Crippen MR) is 95.9 cm³/mol. The number of anilines is 1. The molecule has 5 nitrogen and oxygen atoms in total. The second-order valence-electron chi connectivity index (χ2n) is 6.06. The number of carbonyl (C=O) groups excluding carboxylic acids is 1. The number of aromatic nitrogens is 2. The Morgan fingerprint density at radius 1 is 1.25 bits per heavy atom. The van der Waals surface area contributed by atoms with Crippen molar-refractivity contribution in [2.75, 3.05) is 11.9 Å². The molecule has 24 heavy (non-hydrogen) atoms. The number of rotatable bonds is 4. The van der Waals surface area contributed by atoms with Gasteiger partial charge in [0.15, 0.2) is 0 Å². The monoisotopic (exact) mass is 323 g/mol. The molecule has 0 saturated carbocycles. The largest absolute Gasteiger partial charge is 0.311 e. The van der Waals surface area contributed by atoms with E-state index in [4.69, 9.17) is 0 Å². The van der Waals surface area contributed by atoms with Gasteiger partial charge in [0, 0.05) is 23.9 Å². The zero-order valence-electron chi connectivity index (χ0n) is 14.2. The number of amides is 1. The molecule has 5 heteroatoms. The standard InChI is InChI=1S/C19H21N3O2/c1-4-5-8-13-12(2)20-17(21-18(13)23)11-15-14-9-6-7-10-16(14)22(3)19(15)24/h6-7,9-11H,4-5,8H2,1-3H3,(H,20,21,23)/b15-11-. The van der Waals surface area contributed by atoms with Gasteiger partial charge in [0.25, 0.3) is 11.5 Å². The third-order valence-electron chi connectivity index (χ3n) is 4.39. The number of likely N-dealkylation sites (N-methyl/N-ethyl adjacent to an activating group) is 1. The van der Waals surface area contributed by atoms with Crippen molar-refractivity contribution in [3.05, 3.63) is 57.3 Å². The quantitative estimate of drug-likeness (QED) is 0.880. The summed E-state index contributed by atoms with van der Waals surface area (Å²) in [5.41, 5.74) is 3.62. The summed E-state index contributed by atoms with van der Waals surface area (Å²) in [6.45, 7) is 3.94. The van der Waals surface area contributed by atoms with E-state index in [1.165, 1.54) is 0 Å². The average Bonchev–Trinajstić information content (AvgIpc) is 2.80. The minimum Gasteiger partial charge on any atom is -0.311 e. The van der Waals surface area contributed by atoms with Crippen molar-refractivity contribution in [1.29, 1.82) is 0 Å². The van der Waals surface area contributed by atoms with Gasteiger partial charge < -0.3 is 9.88 Å². The summed E-state index contributed by atoms with van der Waals surface area (Å²) >= 11 is 0. The number of nitrogens with zero attached hydrogens (tertiary/aromatic N) is 2. The Kier molecular flexibility index (Phi) is 4.34. The zero-order chi connectivity index (χ0) is 17.3. The van der Waals surface area contributed by atoms with Gasteiger partial charge >= 0.3 is 0 Å². The van der Waals surface area contributed by atoms with E-state index >= 15 is 0 Å². The number of benzene rings is 1. The van der Waals surface area contributed by atoms with Crippen molar-refractivity contribution in [3.8, 4) is 0 Å². The van der Waals surface area contributed by atoms with Gasteiger partial charge in [0.2, 0.25) is 0 Å². The third-order valence-corrected chi connectivity index (χ3v) is 4.39. The SMILES string of the molecule is CCCCc1c(C)nc(/C=C2\C(=O)N(C)c3ccccc32)[nH]c1=O. The number of hydrogen-bond donors (Lipinski definition) is 1. The third kappa shape index (κ3) is 2.77. The highest BCUT2D eigenvalue weighted by Crippen LogP contribution is 2.35. The van der Waals surface area contributed by atoms with Crippen LogP contribution in [0.25, 0.3) is 11.6 Å². The fraction of sp³-hybridized carbons (Fsp3) is 0.316. The van der Waals surface area contributed by atoms with Crippen LogP contribution < -0.4 is 10.5 Å². The molecule has 1 aliphatic heterocycles. The van der Waals surface area contributed by atoms with Crippen LogP contribution in [-0.4, -0.2) is 22.9 Å².